The Bertz CT molecular complexity index is 588. The van der Waals surface area contributed by atoms with Gasteiger partial charge in [0.25, 0.3) is 0 Å². The van der Waals surface area contributed by atoms with Crippen molar-refractivity contribution in [1.82, 2.24) is 0 Å². The van der Waals surface area contributed by atoms with Gasteiger partial charge in [0, 0.05) is 18.0 Å². The second-order valence-corrected chi connectivity index (χ2v) is 6.08. The molecular formula is C17H19NS. The summed E-state index contributed by atoms with van der Waals surface area (Å²) in [6.45, 7) is 6.48. The second-order valence-electron chi connectivity index (χ2n) is 5.23. The van der Waals surface area contributed by atoms with E-state index in [4.69, 9.17) is 0 Å². The third-order valence-electron chi connectivity index (χ3n) is 3.96. The van der Waals surface area contributed by atoms with Crippen LogP contribution in [0.1, 0.15) is 22.3 Å². The van der Waals surface area contributed by atoms with E-state index < -0.39 is 0 Å². The van der Waals surface area contributed by atoms with Crippen molar-refractivity contribution in [2.45, 2.75) is 31.8 Å². The smallest absolute Gasteiger partial charge is 0.0510 e. The quantitative estimate of drug-likeness (QED) is 0.736. The van der Waals surface area contributed by atoms with E-state index in [0.29, 0.717) is 0 Å². The minimum Gasteiger partial charge on any atom is -0.362 e. The number of hydrogen-bond acceptors (Lipinski definition) is 2. The first-order valence-corrected chi connectivity index (χ1v) is 7.88. The molecule has 1 heterocycles. The minimum atomic E-state index is 1.04. The zero-order chi connectivity index (χ0) is 13.4. The first kappa shape index (κ1) is 12.6. The summed E-state index contributed by atoms with van der Waals surface area (Å²) >= 11 is 1.83. The molecule has 0 N–H and O–H groups in total. The van der Waals surface area contributed by atoms with Crippen molar-refractivity contribution in [2.75, 3.05) is 11.2 Å². The topological polar surface area (TPSA) is 3.24 Å². The molecule has 0 spiro atoms. The SMILES string of the molecule is CSc1ccccc1N1Cc2cc(C)c(C)cc2C1. The maximum absolute atomic E-state index is 2.48. The zero-order valence-corrected chi connectivity index (χ0v) is 12.6. The number of aryl methyl sites for hydroxylation is 2. The van der Waals surface area contributed by atoms with Crippen molar-refractivity contribution in [3.8, 4) is 0 Å². The van der Waals surface area contributed by atoms with E-state index in [1.807, 2.05) is 11.8 Å². The van der Waals surface area contributed by atoms with Gasteiger partial charge < -0.3 is 4.90 Å². The van der Waals surface area contributed by atoms with E-state index in [2.05, 4.69) is 61.4 Å². The number of para-hydroxylation sites is 1. The van der Waals surface area contributed by atoms with E-state index in [0.717, 1.165) is 13.1 Å². The van der Waals surface area contributed by atoms with Gasteiger partial charge in [0.1, 0.15) is 0 Å². The van der Waals surface area contributed by atoms with Crippen LogP contribution in [0, 0.1) is 13.8 Å². The molecule has 98 valence electrons. The summed E-state index contributed by atoms with van der Waals surface area (Å²) in [5.41, 5.74) is 7.14. The van der Waals surface area contributed by atoms with E-state index in [1.54, 1.807) is 0 Å². The predicted molar refractivity (Wildman–Crippen MR) is 84.0 cm³/mol. The fourth-order valence-electron chi connectivity index (χ4n) is 2.76. The van der Waals surface area contributed by atoms with Gasteiger partial charge >= 0.3 is 0 Å². The lowest BCUT2D eigenvalue weighted by atomic mass is 10.0. The lowest BCUT2D eigenvalue weighted by molar-refractivity contribution is 0.868. The van der Waals surface area contributed by atoms with Gasteiger partial charge in [-0.1, -0.05) is 24.3 Å². The van der Waals surface area contributed by atoms with Crippen molar-refractivity contribution in [3.63, 3.8) is 0 Å². The summed E-state index contributed by atoms with van der Waals surface area (Å²) in [4.78, 5) is 3.85. The number of hydrogen-bond donors (Lipinski definition) is 0. The zero-order valence-electron chi connectivity index (χ0n) is 11.7. The highest BCUT2D eigenvalue weighted by molar-refractivity contribution is 7.98. The molecule has 0 radical (unpaired) electrons. The molecule has 1 aliphatic heterocycles. The highest BCUT2D eigenvalue weighted by atomic mass is 32.2. The van der Waals surface area contributed by atoms with Crippen molar-refractivity contribution < 1.29 is 0 Å². The third-order valence-corrected chi connectivity index (χ3v) is 4.75. The maximum atomic E-state index is 2.48. The largest absolute Gasteiger partial charge is 0.362 e. The van der Waals surface area contributed by atoms with Crippen LogP contribution in [0.4, 0.5) is 5.69 Å². The Hall–Kier alpha value is -1.41. The van der Waals surface area contributed by atoms with Crippen LogP contribution >= 0.6 is 11.8 Å². The lowest BCUT2D eigenvalue weighted by Gasteiger charge is -2.20. The summed E-state index contributed by atoms with van der Waals surface area (Å²) in [6.07, 6.45) is 2.15. The number of fused-ring (bicyclic) bond motifs is 1. The van der Waals surface area contributed by atoms with E-state index in [9.17, 15) is 0 Å². The van der Waals surface area contributed by atoms with E-state index >= 15 is 0 Å². The van der Waals surface area contributed by atoms with E-state index in [-0.39, 0.29) is 0 Å². The first-order valence-electron chi connectivity index (χ1n) is 6.66. The van der Waals surface area contributed by atoms with Gasteiger partial charge in [0.2, 0.25) is 0 Å². The Balaban J connectivity index is 1.95. The highest BCUT2D eigenvalue weighted by Crippen LogP contribution is 2.35. The third kappa shape index (κ3) is 2.25. The van der Waals surface area contributed by atoms with Crippen LogP contribution in [0.15, 0.2) is 41.3 Å². The summed E-state index contributed by atoms with van der Waals surface area (Å²) in [7, 11) is 0. The Morgan fingerprint density at radius 1 is 0.947 bits per heavy atom. The molecule has 0 aromatic heterocycles. The molecule has 0 saturated carbocycles. The molecule has 19 heavy (non-hydrogen) atoms. The predicted octanol–water partition coefficient (Wildman–Crippen LogP) is 4.55. The molecule has 1 nitrogen and oxygen atoms in total. The lowest BCUT2D eigenvalue weighted by Crippen LogP contribution is -2.15. The van der Waals surface area contributed by atoms with Gasteiger partial charge in [-0.05, 0) is 54.5 Å². The molecule has 2 aromatic carbocycles. The molecule has 0 unspecified atom stereocenters. The average molecular weight is 269 g/mol. The molecule has 3 rings (SSSR count). The van der Waals surface area contributed by atoms with Crippen molar-refractivity contribution in [2.24, 2.45) is 0 Å². The van der Waals surface area contributed by atoms with Gasteiger partial charge in [0.05, 0.1) is 5.69 Å². The van der Waals surface area contributed by atoms with Gasteiger partial charge in [-0.2, -0.15) is 0 Å². The molecule has 1 aliphatic rings. The van der Waals surface area contributed by atoms with Crippen molar-refractivity contribution in [3.05, 3.63) is 58.7 Å². The second kappa shape index (κ2) is 4.93. The Morgan fingerprint density at radius 3 is 2.11 bits per heavy atom. The number of nitrogens with zero attached hydrogens (tertiary/aromatic N) is 1. The summed E-state index contributed by atoms with van der Waals surface area (Å²) in [5.74, 6) is 0. The standard InChI is InChI=1S/C17H19NS/c1-12-8-14-10-18(11-15(14)9-13(12)2)16-6-4-5-7-17(16)19-3/h4-9H,10-11H2,1-3H3. The van der Waals surface area contributed by atoms with Gasteiger partial charge in [-0.15, -0.1) is 11.8 Å². The molecule has 2 aromatic rings. The molecule has 0 aliphatic carbocycles. The molecule has 0 atom stereocenters. The van der Waals surface area contributed by atoms with Crippen molar-refractivity contribution in [1.29, 1.82) is 0 Å². The van der Waals surface area contributed by atoms with Gasteiger partial charge in [-0.25, -0.2) is 0 Å². The monoisotopic (exact) mass is 269 g/mol. The molecule has 2 heteroatoms. The Labute approximate surface area is 119 Å². The summed E-state index contributed by atoms with van der Waals surface area (Å²) < 4.78 is 0. The minimum absolute atomic E-state index is 1.04. The first-order chi connectivity index (χ1) is 9.19. The summed E-state index contributed by atoms with van der Waals surface area (Å²) in [5, 5.41) is 0. The van der Waals surface area contributed by atoms with Crippen LogP contribution in [0.3, 0.4) is 0 Å². The van der Waals surface area contributed by atoms with Crippen LogP contribution in [0.25, 0.3) is 0 Å². The maximum Gasteiger partial charge on any atom is 0.0510 e. The fourth-order valence-corrected chi connectivity index (χ4v) is 3.38. The molecule has 0 bridgehead atoms. The van der Waals surface area contributed by atoms with Gasteiger partial charge in [-0.3, -0.25) is 0 Å². The van der Waals surface area contributed by atoms with E-state index in [1.165, 1.54) is 32.8 Å². The highest BCUT2D eigenvalue weighted by Gasteiger charge is 2.21. The Morgan fingerprint density at radius 2 is 1.53 bits per heavy atom. The van der Waals surface area contributed by atoms with Crippen molar-refractivity contribution >= 4 is 17.4 Å². The van der Waals surface area contributed by atoms with Gasteiger partial charge in [0.15, 0.2) is 0 Å². The fraction of sp³-hybridized carbons (Fsp3) is 0.294. The number of anilines is 1. The number of thioether (sulfide) groups is 1. The van der Waals surface area contributed by atoms with Crippen LogP contribution in [0.5, 0.6) is 0 Å². The van der Waals surface area contributed by atoms with Crippen LogP contribution < -0.4 is 4.90 Å². The molecule has 0 fully saturated rings. The average Bonchev–Trinajstić information content (AvgIpc) is 2.82. The Kier molecular flexibility index (Phi) is 3.28. The summed E-state index contributed by atoms with van der Waals surface area (Å²) in [6, 6.07) is 13.4. The normalized spacial score (nSPS) is 13.7. The number of rotatable bonds is 2. The van der Waals surface area contributed by atoms with Crippen LogP contribution in [-0.4, -0.2) is 6.26 Å². The number of benzene rings is 2. The van der Waals surface area contributed by atoms with Crippen LogP contribution in [-0.2, 0) is 13.1 Å². The van der Waals surface area contributed by atoms with Crippen LogP contribution in [0.2, 0.25) is 0 Å². The molecule has 0 amide bonds. The molecular weight excluding hydrogens is 250 g/mol. The molecule has 0 saturated heterocycles.